The Labute approximate surface area is 118 Å². The molecule has 0 aliphatic heterocycles. The highest BCUT2D eigenvalue weighted by Gasteiger charge is 2.26. The molecule has 20 heavy (non-hydrogen) atoms. The van der Waals surface area contributed by atoms with Crippen LogP contribution in [0.3, 0.4) is 0 Å². The van der Waals surface area contributed by atoms with Crippen LogP contribution in [0.1, 0.15) is 24.8 Å². The van der Waals surface area contributed by atoms with Gasteiger partial charge >= 0.3 is 0 Å². The van der Waals surface area contributed by atoms with Crippen LogP contribution in [0.15, 0.2) is 36.4 Å². The minimum absolute atomic E-state index is 0.125. The van der Waals surface area contributed by atoms with Gasteiger partial charge in [-0.1, -0.05) is 30.4 Å². The third-order valence-corrected chi connectivity index (χ3v) is 3.76. The predicted octanol–water partition coefficient (Wildman–Crippen LogP) is 1.58. The Kier molecular flexibility index (Phi) is 4.93. The summed E-state index contributed by atoms with van der Waals surface area (Å²) in [5, 5.41) is 28.8. The first kappa shape index (κ1) is 14.8. The smallest absolute Gasteiger partial charge is 0.164 e. The molecule has 1 aromatic carbocycles. The highest BCUT2D eigenvalue weighted by Crippen LogP contribution is 2.24. The zero-order chi connectivity index (χ0) is 14.5. The number of allylic oxidation sites excluding steroid dienone is 1. The van der Waals surface area contributed by atoms with Crippen molar-refractivity contribution < 1.29 is 20.1 Å². The van der Waals surface area contributed by atoms with Gasteiger partial charge in [0.1, 0.15) is 18.0 Å². The molecular weight excluding hydrogens is 256 g/mol. The number of phenolic OH excluding ortho intramolecular Hbond substituents is 1. The topological polar surface area (TPSA) is 77.8 Å². The summed E-state index contributed by atoms with van der Waals surface area (Å²) in [5.74, 6) is 0.0836. The van der Waals surface area contributed by atoms with Gasteiger partial charge in [0.15, 0.2) is 5.78 Å². The summed E-state index contributed by atoms with van der Waals surface area (Å²) < 4.78 is 0. The van der Waals surface area contributed by atoms with Gasteiger partial charge in [0.2, 0.25) is 0 Å². The van der Waals surface area contributed by atoms with Crippen molar-refractivity contribution >= 4 is 5.78 Å². The molecule has 4 nitrogen and oxygen atoms in total. The maximum Gasteiger partial charge on any atom is 0.164 e. The summed E-state index contributed by atoms with van der Waals surface area (Å²) in [6.07, 6.45) is 3.29. The van der Waals surface area contributed by atoms with E-state index in [2.05, 4.69) is 0 Å². The summed E-state index contributed by atoms with van der Waals surface area (Å²) in [7, 11) is 0. The SMILES string of the molecule is O=C1CC(CCc2ccccc2O)CC=CC(O)C1O. The number of carbonyl (C=O) groups excluding carboxylic acids is 1. The lowest BCUT2D eigenvalue weighted by molar-refractivity contribution is -0.132. The van der Waals surface area contributed by atoms with Gasteiger partial charge in [-0.05, 0) is 36.8 Å². The molecule has 0 fully saturated rings. The number of hydrogen-bond donors (Lipinski definition) is 3. The lowest BCUT2D eigenvalue weighted by atomic mass is 9.87. The minimum atomic E-state index is -1.32. The summed E-state index contributed by atoms with van der Waals surface area (Å²) in [5.41, 5.74) is 0.867. The van der Waals surface area contributed by atoms with Gasteiger partial charge in [-0.3, -0.25) is 4.79 Å². The summed E-state index contributed by atoms with van der Waals surface area (Å²) >= 11 is 0. The van der Waals surface area contributed by atoms with Crippen LogP contribution in [0.2, 0.25) is 0 Å². The fourth-order valence-corrected chi connectivity index (χ4v) is 2.50. The van der Waals surface area contributed by atoms with Gasteiger partial charge in [0, 0.05) is 6.42 Å². The van der Waals surface area contributed by atoms with E-state index in [1.807, 2.05) is 18.2 Å². The molecule has 0 saturated carbocycles. The molecule has 0 radical (unpaired) electrons. The Balaban J connectivity index is 1.97. The molecular formula is C16H20O4. The van der Waals surface area contributed by atoms with E-state index in [1.54, 1.807) is 12.1 Å². The number of Topliss-reactive ketones (excluding diaryl/α,β-unsaturated/α-hetero) is 1. The van der Waals surface area contributed by atoms with Crippen LogP contribution in [0, 0.1) is 5.92 Å². The van der Waals surface area contributed by atoms with Crippen LogP contribution in [-0.2, 0) is 11.2 Å². The molecule has 1 aliphatic rings. The Bertz CT molecular complexity index is 495. The van der Waals surface area contributed by atoms with E-state index in [9.17, 15) is 20.1 Å². The number of rotatable bonds is 3. The van der Waals surface area contributed by atoms with Crippen LogP contribution in [0.5, 0.6) is 5.75 Å². The van der Waals surface area contributed by atoms with Crippen molar-refractivity contribution in [2.75, 3.05) is 0 Å². The maximum atomic E-state index is 11.8. The fraction of sp³-hybridized carbons (Fsp3) is 0.438. The quantitative estimate of drug-likeness (QED) is 0.733. The van der Waals surface area contributed by atoms with E-state index < -0.39 is 12.2 Å². The summed E-state index contributed by atoms with van der Waals surface area (Å²) in [4.78, 5) is 11.8. The third kappa shape index (κ3) is 3.68. The number of hydrogen-bond acceptors (Lipinski definition) is 4. The van der Waals surface area contributed by atoms with E-state index in [0.717, 1.165) is 12.0 Å². The van der Waals surface area contributed by atoms with Crippen molar-refractivity contribution in [2.24, 2.45) is 5.92 Å². The first-order chi connectivity index (χ1) is 9.58. The summed E-state index contributed by atoms with van der Waals surface area (Å²) in [6.45, 7) is 0. The van der Waals surface area contributed by atoms with Gasteiger partial charge in [-0.25, -0.2) is 0 Å². The molecule has 0 spiro atoms. The molecule has 2 rings (SSSR count). The molecule has 1 aliphatic carbocycles. The van der Waals surface area contributed by atoms with Crippen molar-refractivity contribution in [3.63, 3.8) is 0 Å². The monoisotopic (exact) mass is 276 g/mol. The van der Waals surface area contributed by atoms with Crippen molar-refractivity contribution in [2.45, 2.75) is 37.9 Å². The number of aromatic hydroxyl groups is 1. The average Bonchev–Trinajstić information content (AvgIpc) is 2.43. The highest BCUT2D eigenvalue weighted by molar-refractivity contribution is 5.84. The summed E-state index contributed by atoms with van der Waals surface area (Å²) in [6, 6.07) is 7.17. The van der Waals surface area contributed by atoms with Crippen molar-refractivity contribution in [3.05, 3.63) is 42.0 Å². The van der Waals surface area contributed by atoms with Crippen LogP contribution in [0.25, 0.3) is 0 Å². The predicted molar refractivity (Wildman–Crippen MR) is 75.3 cm³/mol. The lowest BCUT2D eigenvalue weighted by Crippen LogP contribution is -2.34. The molecule has 0 amide bonds. The number of carbonyl (C=O) groups is 1. The Hall–Kier alpha value is -1.65. The number of benzene rings is 1. The number of phenols is 1. The first-order valence-corrected chi connectivity index (χ1v) is 6.90. The average molecular weight is 276 g/mol. The standard InChI is InChI=1S/C16H20O4/c17-13-6-2-1-5-12(13)9-8-11-4-3-7-14(18)16(20)15(19)10-11/h1-3,5-7,11,14,16-18,20H,4,8-10H2. The molecule has 0 aromatic heterocycles. The number of aliphatic hydroxyl groups is 2. The molecule has 0 saturated heterocycles. The Morgan fingerprint density at radius 1 is 1.20 bits per heavy atom. The van der Waals surface area contributed by atoms with E-state index in [1.165, 1.54) is 6.08 Å². The maximum absolute atomic E-state index is 11.8. The van der Waals surface area contributed by atoms with E-state index in [0.29, 0.717) is 12.8 Å². The molecule has 1 aromatic rings. The van der Waals surface area contributed by atoms with Gasteiger partial charge in [-0.15, -0.1) is 0 Å². The van der Waals surface area contributed by atoms with Crippen LogP contribution < -0.4 is 0 Å². The van der Waals surface area contributed by atoms with Crippen molar-refractivity contribution in [1.29, 1.82) is 0 Å². The van der Waals surface area contributed by atoms with Gasteiger partial charge in [-0.2, -0.15) is 0 Å². The number of ketones is 1. The second-order valence-corrected chi connectivity index (χ2v) is 5.30. The van der Waals surface area contributed by atoms with Crippen molar-refractivity contribution in [1.82, 2.24) is 0 Å². The fourth-order valence-electron chi connectivity index (χ4n) is 2.50. The normalized spacial score (nSPS) is 27.1. The molecule has 3 N–H and O–H groups in total. The van der Waals surface area contributed by atoms with Crippen LogP contribution in [-0.4, -0.2) is 33.3 Å². The van der Waals surface area contributed by atoms with E-state index in [-0.39, 0.29) is 23.9 Å². The van der Waals surface area contributed by atoms with Gasteiger partial charge in [0.05, 0.1) is 0 Å². The van der Waals surface area contributed by atoms with Gasteiger partial charge < -0.3 is 15.3 Å². The molecule has 108 valence electrons. The molecule has 0 bridgehead atoms. The van der Waals surface area contributed by atoms with Crippen molar-refractivity contribution in [3.8, 4) is 5.75 Å². The molecule has 0 heterocycles. The van der Waals surface area contributed by atoms with E-state index in [4.69, 9.17) is 0 Å². The van der Waals surface area contributed by atoms with Crippen LogP contribution >= 0.6 is 0 Å². The van der Waals surface area contributed by atoms with Gasteiger partial charge in [0.25, 0.3) is 0 Å². The molecule has 3 unspecified atom stereocenters. The zero-order valence-corrected chi connectivity index (χ0v) is 11.3. The Morgan fingerprint density at radius 2 is 1.95 bits per heavy atom. The molecule has 4 heteroatoms. The number of aryl methyl sites for hydroxylation is 1. The first-order valence-electron chi connectivity index (χ1n) is 6.90. The molecule has 3 atom stereocenters. The Morgan fingerprint density at radius 3 is 2.70 bits per heavy atom. The highest BCUT2D eigenvalue weighted by atomic mass is 16.3. The number of para-hydroxylation sites is 1. The number of aliphatic hydroxyl groups excluding tert-OH is 2. The van der Waals surface area contributed by atoms with Crippen LogP contribution in [0.4, 0.5) is 0 Å². The second-order valence-electron chi connectivity index (χ2n) is 5.30. The van der Waals surface area contributed by atoms with E-state index >= 15 is 0 Å². The largest absolute Gasteiger partial charge is 0.508 e. The lowest BCUT2D eigenvalue weighted by Gasteiger charge is -2.21. The third-order valence-electron chi connectivity index (χ3n) is 3.76. The zero-order valence-electron chi connectivity index (χ0n) is 11.3. The minimum Gasteiger partial charge on any atom is -0.508 e. The second kappa shape index (κ2) is 6.68.